The SMILES string of the molecule is CCC1CNC2(CCCC2)CN1C(C)COC. The lowest BCUT2D eigenvalue weighted by Crippen LogP contribution is -2.65. The third kappa shape index (κ3) is 2.83. The number of rotatable bonds is 4. The molecule has 2 unspecified atom stereocenters. The first-order chi connectivity index (χ1) is 8.21. The van der Waals surface area contributed by atoms with Gasteiger partial charge in [-0.1, -0.05) is 19.8 Å². The minimum atomic E-state index is 0.424. The van der Waals surface area contributed by atoms with E-state index in [2.05, 4.69) is 24.1 Å². The predicted octanol–water partition coefficient (Wildman–Crippen LogP) is 2.02. The Balaban J connectivity index is 2.02. The molecule has 0 aromatic heterocycles. The summed E-state index contributed by atoms with van der Waals surface area (Å²) in [5.74, 6) is 0. The van der Waals surface area contributed by atoms with Gasteiger partial charge >= 0.3 is 0 Å². The number of hydrogen-bond acceptors (Lipinski definition) is 3. The minimum Gasteiger partial charge on any atom is -0.383 e. The molecule has 0 aromatic carbocycles. The van der Waals surface area contributed by atoms with Crippen molar-refractivity contribution in [1.29, 1.82) is 0 Å². The van der Waals surface area contributed by atoms with Crippen LogP contribution in [-0.4, -0.2) is 49.3 Å². The summed E-state index contributed by atoms with van der Waals surface area (Å²) in [7, 11) is 1.81. The number of hydrogen-bond donors (Lipinski definition) is 1. The Morgan fingerprint density at radius 3 is 2.71 bits per heavy atom. The molecule has 0 bridgehead atoms. The van der Waals surface area contributed by atoms with E-state index in [1.807, 2.05) is 7.11 Å². The van der Waals surface area contributed by atoms with E-state index in [0.29, 0.717) is 17.6 Å². The van der Waals surface area contributed by atoms with E-state index >= 15 is 0 Å². The zero-order valence-electron chi connectivity index (χ0n) is 11.7. The van der Waals surface area contributed by atoms with Crippen molar-refractivity contribution >= 4 is 0 Å². The van der Waals surface area contributed by atoms with E-state index in [1.54, 1.807) is 0 Å². The van der Waals surface area contributed by atoms with E-state index in [9.17, 15) is 0 Å². The van der Waals surface area contributed by atoms with Gasteiger partial charge in [0.15, 0.2) is 0 Å². The van der Waals surface area contributed by atoms with Crippen molar-refractivity contribution in [2.75, 3.05) is 26.8 Å². The Hall–Kier alpha value is -0.120. The number of ether oxygens (including phenoxy) is 1. The zero-order chi connectivity index (χ0) is 12.3. The van der Waals surface area contributed by atoms with Crippen molar-refractivity contribution in [3.63, 3.8) is 0 Å². The van der Waals surface area contributed by atoms with Crippen molar-refractivity contribution in [2.45, 2.75) is 63.6 Å². The highest BCUT2D eigenvalue weighted by atomic mass is 16.5. The van der Waals surface area contributed by atoms with E-state index in [0.717, 1.165) is 13.2 Å². The molecule has 1 aliphatic heterocycles. The molecule has 2 rings (SSSR count). The van der Waals surface area contributed by atoms with Crippen LogP contribution in [0.4, 0.5) is 0 Å². The standard InChI is InChI=1S/C14H28N2O/c1-4-13-9-15-14(7-5-6-8-14)11-16(13)12(2)10-17-3/h12-13,15H,4-11H2,1-3H3. The number of nitrogens with zero attached hydrogens (tertiary/aromatic N) is 1. The summed E-state index contributed by atoms with van der Waals surface area (Å²) < 4.78 is 5.34. The van der Waals surface area contributed by atoms with E-state index < -0.39 is 0 Å². The molecule has 100 valence electrons. The van der Waals surface area contributed by atoms with Crippen LogP contribution >= 0.6 is 0 Å². The predicted molar refractivity (Wildman–Crippen MR) is 71.3 cm³/mol. The summed E-state index contributed by atoms with van der Waals surface area (Å²) in [5, 5.41) is 3.84. The molecule has 3 nitrogen and oxygen atoms in total. The summed E-state index contributed by atoms with van der Waals surface area (Å²) in [5.41, 5.74) is 0.424. The lowest BCUT2D eigenvalue weighted by molar-refractivity contribution is 0.0146. The van der Waals surface area contributed by atoms with Crippen LogP contribution in [0.1, 0.15) is 46.0 Å². The van der Waals surface area contributed by atoms with Crippen LogP contribution in [0.3, 0.4) is 0 Å². The third-order valence-corrected chi connectivity index (χ3v) is 4.67. The molecule has 2 fully saturated rings. The van der Waals surface area contributed by atoms with Crippen LogP contribution in [0.25, 0.3) is 0 Å². The maximum atomic E-state index is 5.34. The van der Waals surface area contributed by atoms with Crippen molar-refractivity contribution in [1.82, 2.24) is 10.2 Å². The summed E-state index contributed by atoms with van der Waals surface area (Å²) >= 11 is 0. The molecule has 0 aromatic rings. The highest BCUT2D eigenvalue weighted by Crippen LogP contribution is 2.34. The molecule has 2 aliphatic rings. The average molecular weight is 240 g/mol. The van der Waals surface area contributed by atoms with E-state index in [1.165, 1.54) is 38.6 Å². The molecule has 1 saturated heterocycles. The second-order valence-corrected chi connectivity index (χ2v) is 5.91. The fourth-order valence-electron chi connectivity index (χ4n) is 3.60. The molecule has 1 N–H and O–H groups in total. The normalized spacial score (nSPS) is 30.9. The van der Waals surface area contributed by atoms with Crippen molar-refractivity contribution in [2.24, 2.45) is 0 Å². The van der Waals surface area contributed by atoms with Gasteiger partial charge in [-0.05, 0) is 26.2 Å². The Morgan fingerprint density at radius 1 is 1.41 bits per heavy atom. The van der Waals surface area contributed by atoms with Gasteiger partial charge in [-0.2, -0.15) is 0 Å². The zero-order valence-corrected chi connectivity index (χ0v) is 11.7. The minimum absolute atomic E-state index is 0.424. The highest BCUT2D eigenvalue weighted by Gasteiger charge is 2.41. The first kappa shape index (κ1) is 13.3. The van der Waals surface area contributed by atoms with Crippen LogP contribution in [0.15, 0.2) is 0 Å². The maximum absolute atomic E-state index is 5.34. The molecule has 1 heterocycles. The van der Waals surface area contributed by atoms with Gasteiger partial charge in [0.05, 0.1) is 6.61 Å². The van der Waals surface area contributed by atoms with Gasteiger partial charge in [0.1, 0.15) is 0 Å². The molecule has 0 amide bonds. The molecule has 1 aliphatic carbocycles. The Kier molecular flexibility index (Phi) is 4.45. The molecule has 0 radical (unpaired) electrons. The molecule has 3 heteroatoms. The van der Waals surface area contributed by atoms with Gasteiger partial charge in [-0.25, -0.2) is 0 Å². The largest absolute Gasteiger partial charge is 0.383 e. The summed E-state index contributed by atoms with van der Waals surface area (Å²) in [6, 6.07) is 1.23. The Labute approximate surface area is 106 Å². The first-order valence-corrected chi connectivity index (χ1v) is 7.20. The van der Waals surface area contributed by atoms with Crippen LogP contribution in [0.5, 0.6) is 0 Å². The van der Waals surface area contributed by atoms with E-state index in [4.69, 9.17) is 4.74 Å². The summed E-state index contributed by atoms with van der Waals surface area (Å²) in [6.07, 6.45) is 6.75. The monoisotopic (exact) mass is 240 g/mol. The van der Waals surface area contributed by atoms with Crippen molar-refractivity contribution in [3.05, 3.63) is 0 Å². The Morgan fingerprint density at radius 2 is 2.12 bits per heavy atom. The second-order valence-electron chi connectivity index (χ2n) is 5.91. The maximum Gasteiger partial charge on any atom is 0.0615 e. The number of nitrogens with one attached hydrogen (secondary N) is 1. The van der Waals surface area contributed by atoms with Gasteiger partial charge in [-0.15, -0.1) is 0 Å². The molecule has 17 heavy (non-hydrogen) atoms. The summed E-state index contributed by atoms with van der Waals surface area (Å²) in [4.78, 5) is 2.69. The molecular formula is C14H28N2O. The fourth-order valence-corrected chi connectivity index (χ4v) is 3.60. The lowest BCUT2D eigenvalue weighted by atomic mass is 9.90. The quantitative estimate of drug-likeness (QED) is 0.813. The second kappa shape index (κ2) is 5.68. The summed E-state index contributed by atoms with van der Waals surface area (Å²) in [6.45, 7) is 7.83. The molecular weight excluding hydrogens is 212 g/mol. The topological polar surface area (TPSA) is 24.5 Å². The smallest absolute Gasteiger partial charge is 0.0615 e. The van der Waals surface area contributed by atoms with Gasteiger partial charge in [0.25, 0.3) is 0 Å². The first-order valence-electron chi connectivity index (χ1n) is 7.20. The van der Waals surface area contributed by atoms with Crippen LogP contribution in [0.2, 0.25) is 0 Å². The van der Waals surface area contributed by atoms with Crippen molar-refractivity contribution < 1.29 is 4.74 Å². The average Bonchev–Trinajstić information content (AvgIpc) is 2.78. The highest BCUT2D eigenvalue weighted by molar-refractivity contribution is 5.01. The van der Waals surface area contributed by atoms with Crippen LogP contribution in [0, 0.1) is 0 Å². The molecule has 2 atom stereocenters. The van der Waals surface area contributed by atoms with Gasteiger partial charge in [-0.3, -0.25) is 4.90 Å². The van der Waals surface area contributed by atoms with Crippen molar-refractivity contribution in [3.8, 4) is 0 Å². The fraction of sp³-hybridized carbons (Fsp3) is 1.00. The van der Waals surface area contributed by atoms with Crippen LogP contribution in [-0.2, 0) is 4.74 Å². The number of methoxy groups -OCH3 is 1. The van der Waals surface area contributed by atoms with Crippen LogP contribution < -0.4 is 5.32 Å². The molecule has 1 saturated carbocycles. The van der Waals surface area contributed by atoms with Gasteiger partial charge in [0.2, 0.25) is 0 Å². The third-order valence-electron chi connectivity index (χ3n) is 4.67. The Bertz CT molecular complexity index is 238. The molecule has 1 spiro atoms. The van der Waals surface area contributed by atoms with Gasteiger partial charge in [0, 0.05) is 37.8 Å². The number of piperazine rings is 1. The lowest BCUT2D eigenvalue weighted by Gasteiger charge is -2.48. The van der Waals surface area contributed by atoms with Gasteiger partial charge < -0.3 is 10.1 Å². The van der Waals surface area contributed by atoms with E-state index in [-0.39, 0.29) is 0 Å².